The van der Waals surface area contributed by atoms with Crippen molar-refractivity contribution in [1.82, 2.24) is 19.4 Å². The highest BCUT2D eigenvalue weighted by atomic mass is 79.9. The Hall–Kier alpha value is -1.14. The summed E-state index contributed by atoms with van der Waals surface area (Å²) in [6.45, 7) is 6.72. The summed E-state index contributed by atoms with van der Waals surface area (Å²) in [5, 5.41) is 0. The van der Waals surface area contributed by atoms with Gasteiger partial charge in [-0.1, -0.05) is 6.92 Å². The number of likely N-dealkylation sites (tertiary alicyclic amines) is 1. The summed E-state index contributed by atoms with van der Waals surface area (Å²) in [6, 6.07) is 1.96. The van der Waals surface area contributed by atoms with E-state index in [0.717, 1.165) is 28.7 Å². The highest BCUT2D eigenvalue weighted by Crippen LogP contribution is 2.21. The Kier molecular flexibility index (Phi) is 3.94. The SMILES string of the molecule is CC(CN1CCCC1)Cn1c(N)nc2cc(Br)cnc21. The maximum absolute atomic E-state index is 6.04. The molecule has 0 bridgehead atoms. The summed E-state index contributed by atoms with van der Waals surface area (Å²) in [7, 11) is 0. The molecule has 108 valence electrons. The van der Waals surface area contributed by atoms with Crippen LogP contribution in [0.25, 0.3) is 11.2 Å². The molecule has 20 heavy (non-hydrogen) atoms. The monoisotopic (exact) mass is 337 g/mol. The second-order valence-corrected chi connectivity index (χ2v) is 6.61. The number of nitrogens with two attached hydrogens (primary N) is 1. The van der Waals surface area contributed by atoms with Crippen LogP contribution in [0.4, 0.5) is 5.95 Å². The van der Waals surface area contributed by atoms with E-state index in [1.807, 2.05) is 10.6 Å². The molecule has 1 atom stereocenters. The van der Waals surface area contributed by atoms with Crippen molar-refractivity contribution in [3.05, 3.63) is 16.7 Å². The van der Waals surface area contributed by atoms with Crippen LogP contribution in [0.1, 0.15) is 19.8 Å². The number of nitrogen functional groups attached to an aromatic ring is 1. The minimum absolute atomic E-state index is 0.540. The van der Waals surface area contributed by atoms with Gasteiger partial charge in [-0.15, -0.1) is 0 Å². The molecule has 0 radical (unpaired) electrons. The molecule has 2 aromatic heterocycles. The maximum Gasteiger partial charge on any atom is 0.202 e. The number of anilines is 1. The molecule has 6 heteroatoms. The summed E-state index contributed by atoms with van der Waals surface area (Å²) in [5.74, 6) is 1.09. The Balaban J connectivity index is 1.77. The van der Waals surface area contributed by atoms with Gasteiger partial charge in [0.1, 0.15) is 5.52 Å². The lowest BCUT2D eigenvalue weighted by atomic mass is 10.1. The average Bonchev–Trinajstić information content (AvgIpc) is 2.98. The Morgan fingerprint density at radius 2 is 2.10 bits per heavy atom. The standard InChI is InChI=1S/C14H20BrN5/c1-10(8-19-4-2-3-5-19)9-20-13-12(18-14(20)16)6-11(15)7-17-13/h6-7,10H,2-5,8-9H2,1H3,(H2,16,18). The third-order valence-corrected chi connectivity index (χ3v) is 4.28. The third-order valence-electron chi connectivity index (χ3n) is 3.84. The van der Waals surface area contributed by atoms with Crippen molar-refractivity contribution >= 4 is 33.0 Å². The first-order chi connectivity index (χ1) is 9.63. The molecule has 3 rings (SSSR count). The molecule has 1 saturated heterocycles. The molecule has 1 unspecified atom stereocenters. The van der Waals surface area contributed by atoms with Gasteiger partial charge in [0.15, 0.2) is 5.65 Å². The molecule has 2 N–H and O–H groups in total. The van der Waals surface area contributed by atoms with Gasteiger partial charge in [0.25, 0.3) is 0 Å². The number of hydrogen-bond donors (Lipinski definition) is 1. The van der Waals surface area contributed by atoms with Gasteiger partial charge in [0, 0.05) is 23.8 Å². The Morgan fingerprint density at radius 1 is 1.35 bits per heavy atom. The number of hydrogen-bond acceptors (Lipinski definition) is 4. The minimum Gasteiger partial charge on any atom is -0.369 e. The van der Waals surface area contributed by atoms with Crippen LogP contribution in [0, 0.1) is 5.92 Å². The van der Waals surface area contributed by atoms with Crippen molar-refractivity contribution in [2.45, 2.75) is 26.3 Å². The summed E-state index contributed by atoms with van der Waals surface area (Å²) in [5.41, 5.74) is 7.77. The van der Waals surface area contributed by atoms with Gasteiger partial charge in [-0.05, 0) is 53.8 Å². The van der Waals surface area contributed by atoms with Crippen molar-refractivity contribution in [3.8, 4) is 0 Å². The highest BCUT2D eigenvalue weighted by Gasteiger charge is 2.17. The molecule has 0 amide bonds. The van der Waals surface area contributed by atoms with Crippen molar-refractivity contribution in [2.24, 2.45) is 5.92 Å². The molecule has 1 aliphatic heterocycles. The molecular formula is C14H20BrN5. The van der Waals surface area contributed by atoms with Crippen LogP contribution in [0.3, 0.4) is 0 Å². The van der Waals surface area contributed by atoms with Gasteiger partial charge in [-0.25, -0.2) is 9.97 Å². The van der Waals surface area contributed by atoms with Crippen LogP contribution < -0.4 is 5.73 Å². The summed E-state index contributed by atoms with van der Waals surface area (Å²) in [6.07, 6.45) is 4.46. The lowest BCUT2D eigenvalue weighted by Crippen LogP contribution is -2.27. The first kappa shape index (κ1) is 13.8. The van der Waals surface area contributed by atoms with Crippen molar-refractivity contribution in [3.63, 3.8) is 0 Å². The quantitative estimate of drug-likeness (QED) is 0.931. The molecule has 0 spiro atoms. The normalized spacial score (nSPS) is 17.9. The predicted octanol–water partition coefficient (Wildman–Crippen LogP) is 2.51. The van der Waals surface area contributed by atoms with E-state index in [1.54, 1.807) is 6.20 Å². The van der Waals surface area contributed by atoms with Crippen LogP contribution in [0.2, 0.25) is 0 Å². The molecule has 3 heterocycles. The van der Waals surface area contributed by atoms with Gasteiger partial charge in [0.05, 0.1) is 0 Å². The van der Waals surface area contributed by atoms with Gasteiger partial charge in [0.2, 0.25) is 5.95 Å². The zero-order valence-electron chi connectivity index (χ0n) is 11.7. The lowest BCUT2D eigenvalue weighted by molar-refractivity contribution is 0.273. The molecule has 1 aliphatic rings. The minimum atomic E-state index is 0.540. The van der Waals surface area contributed by atoms with Crippen molar-refractivity contribution in [2.75, 3.05) is 25.4 Å². The van der Waals surface area contributed by atoms with E-state index in [4.69, 9.17) is 5.73 Å². The predicted molar refractivity (Wildman–Crippen MR) is 84.5 cm³/mol. The summed E-state index contributed by atoms with van der Waals surface area (Å²) >= 11 is 3.42. The summed E-state index contributed by atoms with van der Waals surface area (Å²) < 4.78 is 2.96. The van der Waals surface area contributed by atoms with Crippen LogP contribution in [0.15, 0.2) is 16.7 Å². The van der Waals surface area contributed by atoms with E-state index in [0.29, 0.717) is 11.9 Å². The lowest BCUT2D eigenvalue weighted by Gasteiger charge is -2.20. The zero-order valence-corrected chi connectivity index (χ0v) is 13.3. The maximum atomic E-state index is 6.04. The van der Waals surface area contributed by atoms with E-state index in [9.17, 15) is 0 Å². The first-order valence-electron chi connectivity index (χ1n) is 7.13. The average molecular weight is 338 g/mol. The van der Waals surface area contributed by atoms with E-state index in [1.165, 1.54) is 25.9 Å². The van der Waals surface area contributed by atoms with Gasteiger partial charge in [-0.3, -0.25) is 4.57 Å². The Bertz CT molecular complexity index is 603. The second kappa shape index (κ2) is 5.69. The van der Waals surface area contributed by atoms with Crippen LogP contribution in [-0.4, -0.2) is 39.1 Å². The Labute approximate surface area is 127 Å². The van der Waals surface area contributed by atoms with E-state index < -0.39 is 0 Å². The number of halogens is 1. The molecule has 1 fully saturated rings. The fourth-order valence-electron chi connectivity index (χ4n) is 2.96. The largest absolute Gasteiger partial charge is 0.369 e. The van der Waals surface area contributed by atoms with Crippen LogP contribution in [-0.2, 0) is 6.54 Å². The molecule has 0 aromatic carbocycles. The molecule has 2 aromatic rings. The fraction of sp³-hybridized carbons (Fsp3) is 0.571. The number of imidazole rings is 1. The topological polar surface area (TPSA) is 60.0 Å². The van der Waals surface area contributed by atoms with E-state index >= 15 is 0 Å². The highest BCUT2D eigenvalue weighted by molar-refractivity contribution is 9.10. The smallest absolute Gasteiger partial charge is 0.202 e. The molecule has 5 nitrogen and oxygen atoms in total. The van der Waals surface area contributed by atoms with E-state index in [-0.39, 0.29) is 0 Å². The van der Waals surface area contributed by atoms with Gasteiger partial charge >= 0.3 is 0 Å². The third kappa shape index (κ3) is 2.81. The fourth-order valence-corrected chi connectivity index (χ4v) is 3.28. The second-order valence-electron chi connectivity index (χ2n) is 5.69. The van der Waals surface area contributed by atoms with Crippen LogP contribution >= 0.6 is 15.9 Å². The Morgan fingerprint density at radius 3 is 2.85 bits per heavy atom. The number of rotatable bonds is 4. The number of aromatic nitrogens is 3. The van der Waals surface area contributed by atoms with Crippen molar-refractivity contribution in [1.29, 1.82) is 0 Å². The number of pyridine rings is 1. The number of nitrogens with zero attached hydrogens (tertiary/aromatic N) is 4. The molecular weight excluding hydrogens is 318 g/mol. The van der Waals surface area contributed by atoms with Gasteiger partial charge in [-0.2, -0.15) is 0 Å². The number of fused-ring (bicyclic) bond motifs is 1. The summed E-state index contributed by atoms with van der Waals surface area (Å²) in [4.78, 5) is 11.4. The molecule has 0 saturated carbocycles. The van der Waals surface area contributed by atoms with Crippen molar-refractivity contribution < 1.29 is 0 Å². The molecule has 0 aliphatic carbocycles. The first-order valence-corrected chi connectivity index (χ1v) is 7.92. The van der Waals surface area contributed by atoms with E-state index in [2.05, 4.69) is 37.7 Å². The van der Waals surface area contributed by atoms with Crippen LogP contribution in [0.5, 0.6) is 0 Å². The van der Waals surface area contributed by atoms with Gasteiger partial charge < -0.3 is 10.6 Å². The zero-order chi connectivity index (χ0) is 14.1.